The largest absolute Gasteiger partial charge is 0.361 e. The molecule has 0 aliphatic heterocycles. The van der Waals surface area contributed by atoms with Crippen molar-refractivity contribution >= 4 is 43.3 Å². The van der Waals surface area contributed by atoms with Gasteiger partial charge in [-0.25, -0.2) is 17.7 Å². The zero-order valence-corrected chi connectivity index (χ0v) is 17.6. The Morgan fingerprint density at radius 1 is 1.10 bits per heavy atom. The number of thiazole rings is 1. The number of carbonyl (C=O) groups excluding carboxylic acids is 1. The smallest absolute Gasteiger partial charge is 0.266 e. The molecule has 0 fully saturated rings. The third-order valence-electron chi connectivity index (χ3n) is 4.64. The topological polar surface area (TPSA) is 95.2 Å². The molecule has 154 valence electrons. The average Bonchev–Trinajstić information content (AvgIpc) is 3.43. The molecule has 2 N–H and O–H groups in total. The van der Waals surface area contributed by atoms with Crippen molar-refractivity contribution in [2.24, 2.45) is 0 Å². The Labute approximate surface area is 178 Å². The second-order valence-corrected chi connectivity index (χ2v) is 9.33. The van der Waals surface area contributed by atoms with Crippen LogP contribution >= 0.6 is 11.3 Å². The number of carbonyl (C=O) groups is 1. The van der Waals surface area contributed by atoms with Crippen LogP contribution < -0.4 is 9.62 Å². The maximum atomic E-state index is 13.1. The van der Waals surface area contributed by atoms with Gasteiger partial charge >= 0.3 is 0 Å². The van der Waals surface area contributed by atoms with E-state index in [1.165, 1.54) is 29.7 Å². The molecule has 4 rings (SSSR count). The lowest BCUT2D eigenvalue weighted by molar-refractivity contribution is -0.119. The molecule has 0 radical (unpaired) electrons. The number of rotatable bonds is 8. The lowest BCUT2D eigenvalue weighted by atomic mass is 10.1. The van der Waals surface area contributed by atoms with Gasteiger partial charge in [-0.05, 0) is 30.2 Å². The van der Waals surface area contributed by atoms with E-state index in [2.05, 4.69) is 15.3 Å². The van der Waals surface area contributed by atoms with E-state index in [4.69, 9.17) is 0 Å². The van der Waals surface area contributed by atoms with Crippen LogP contribution in [0.1, 0.15) is 5.56 Å². The SMILES string of the molecule is O=C(CN(c1nccs1)S(=O)(=O)c1ccccc1)NCCc1c[nH]c2ccccc12. The van der Waals surface area contributed by atoms with E-state index < -0.39 is 10.0 Å². The van der Waals surface area contributed by atoms with Crippen molar-refractivity contribution in [1.29, 1.82) is 0 Å². The van der Waals surface area contributed by atoms with Gasteiger partial charge in [-0.15, -0.1) is 11.3 Å². The maximum Gasteiger partial charge on any atom is 0.266 e. The predicted octanol–water partition coefficient (Wildman–Crippen LogP) is 3.18. The Kier molecular flexibility index (Phi) is 5.82. The number of hydrogen-bond donors (Lipinski definition) is 2. The van der Waals surface area contributed by atoms with Crippen molar-refractivity contribution in [2.45, 2.75) is 11.3 Å². The third kappa shape index (κ3) is 4.22. The van der Waals surface area contributed by atoms with Crippen molar-refractivity contribution in [3.05, 3.63) is 77.9 Å². The first-order valence-electron chi connectivity index (χ1n) is 9.35. The summed E-state index contributed by atoms with van der Waals surface area (Å²) in [4.78, 5) is 20.0. The van der Waals surface area contributed by atoms with Gasteiger partial charge in [0.1, 0.15) is 6.54 Å². The monoisotopic (exact) mass is 440 g/mol. The Hall–Kier alpha value is -3.17. The molecule has 0 saturated heterocycles. The Morgan fingerprint density at radius 2 is 1.87 bits per heavy atom. The molecule has 2 aromatic heterocycles. The van der Waals surface area contributed by atoms with E-state index in [9.17, 15) is 13.2 Å². The molecule has 0 aliphatic rings. The maximum absolute atomic E-state index is 13.1. The number of aromatic nitrogens is 2. The highest BCUT2D eigenvalue weighted by Crippen LogP contribution is 2.25. The van der Waals surface area contributed by atoms with E-state index in [1.807, 2.05) is 30.5 Å². The molecule has 0 saturated carbocycles. The number of nitrogens with zero attached hydrogens (tertiary/aromatic N) is 2. The van der Waals surface area contributed by atoms with Crippen LogP contribution in [0.5, 0.6) is 0 Å². The fraction of sp³-hybridized carbons (Fsp3) is 0.143. The molecule has 0 atom stereocenters. The van der Waals surface area contributed by atoms with Crippen LogP contribution in [0.3, 0.4) is 0 Å². The van der Waals surface area contributed by atoms with E-state index >= 15 is 0 Å². The first-order valence-corrected chi connectivity index (χ1v) is 11.7. The first-order chi connectivity index (χ1) is 14.6. The summed E-state index contributed by atoms with van der Waals surface area (Å²) in [6.07, 6.45) is 4.08. The normalized spacial score (nSPS) is 11.5. The minimum atomic E-state index is -3.90. The highest BCUT2D eigenvalue weighted by Gasteiger charge is 2.28. The van der Waals surface area contributed by atoms with Crippen LogP contribution in [0.25, 0.3) is 10.9 Å². The number of amides is 1. The van der Waals surface area contributed by atoms with Crippen molar-refractivity contribution in [1.82, 2.24) is 15.3 Å². The number of fused-ring (bicyclic) bond motifs is 1. The molecule has 7 nitrogen and oxygen atoms in total. The molecular weight excluding hydrogens is 420 g/mol. The number of sulfonamides is 1. The van der Waals surface area contributed by atoms with Gasteiger partial charge in [-0.1, -0.05) is 36.4 Å². The van der Waals surface area contributed by atoms with Crippen molar-refractivity contribution in [3.63, 3.8) is 0 Å². The number of nitrogens with one attached hydrogen (secondary N) is 2. The first kappa shape index (κ1) is 20.1. The number of para-hydroxylation sites is 1. The lowest BCUT2D eigenvalue weighted by Crippen LogP contribution is -2.41. The van der Waals surface area contributed by atoms with Crippen molar-refractivity contribution in [3.8, 4) is 0 Å². The Balaban J connectivity index is 1.45. The van der Waals surface area contributed by atoms with E-state index in [0.29, 0.717) is 13.0 Å². The average molecular weight is 441 g/mol. The van der Waals surface area contributed by atoms with Crippen LogP contribution in [0.2, 0.25) is 0 Å². The zero-order valence-electron chi connectivity index (χ0n) is 16.0. The molecule has 30 heavy (non-hydrogen) atoms. The number of H-pyrrole nitrogens is 1. The van der Waals surface area contributed by atoms with Gasteiger partial charge in [0.15, 0.2) is 5.13 Å². The second-order valence-electron chi connectivity index (χ2n) is 6.60. The summed E-state index contributed by atoms with van der Waals surface area (Å²) < 4.78 is 27.2. The van der Waals surface area contributed by atoms with Crippen LogP contribution in [0.4, 0.5) is 5.13 Å². The van der Waals surface area contributed by atoms with Crippen LogP contribution in [0, 0.1) is 0 Å². The van der Waals surface area contributed by atoms with E-state index in [1.54, 1.807) is 23.6 Å². The second kappa shape index (κ2) is 8.68. The lowest BCUT2D eigenvalue weighted by Gasteiger charge is -2.21. The molecule has 2 heterocycles. The molecule has 0 unspecified atom stereocenters. The zero-order chi connectivity index (χ0) is 21.0. The summed E-state index contributed by atoms with van der Waals surface area (Å²) in [7, 11) is -3.90. The standard InChI is InChI=1S/C21H20N4O3S2/c26-20(22-11-10-16-14-24-19-9-5-4-8-18(16)19)15-25(21-23-12-13-29-21)30(27,28)17-6-2-1-3-7-17/h1-9,12-14,24H,10-11,15H2,(H,22,26). The van der Waals surface area contributed by atoms with Gasteiger partial charge in [0.05, 0.1) is 4.90 Å². The number of hydrogen-bond acceptors (Lipinski definition) is 5. The fourth-order valence-electron chi connectivity index (χ4n) is 3.18. The van der Waals surface area contributed by atoms with Crippen molar-refractivity contribution < 1.29 is 13.2 Å². The van der Waals surface area contributed by atoms with Crippen molar-refractivity contribution in [2.75, 3.05) is 17.4 Å². The number of benzene rings is 2. The molecule has 9 heteroatoms. The number of aromatic amines is 1. The predicted molar refractivity (Wildman–Crippen MR) is 118 cm³/mol. The summed E-state index contributed by atoms with van der Waals surface area (Å²) in [6, 6.07) is 16.0. The van der Waals surface area contributed by atoms with E-state index in [-0.39, 0.29) is 22.5 Å². The molecule has 1 amide bonds. The fourth-order valence-corrected chi connectivity index (χ4v) is 5.44. The Morgan fingerprint density at radius 3 is 2.63 bits per heavy atom. The minimum Gasteiger partial charge on any atom is -0.361 e. The summed E-state index contributed by atoms with van der Waals surface area (Å²) in [5.41, 5.74) is 2.14. The summed E-state index contributed by atoms with van der Waals surface area (Å²) in [5.74, 6) is -0.385. The molecule has 2 aromatic carbocycles. The van der Waals surface area contributed by atoms with Gasteiger partial charge in [-0.2, -0.15) is 0 Å². The summed E-state index contributed by atoms with van der Waals surface area (Å²) >= 11 is 1.17. The van der Waals surface area contributed by atoms with Gasteiger partial charge in [-0.3, -0.25) is 4.79 Å². The molecule has 0 spiro atoms. The molecule has 0 aliphatic carbocycles. The Bertz CT molecular complexity index is 1240. The van der Waals surface area contributed by atoms with Gasteiger partial charge < -0.3 is 10.3 Å². The van der Waals surface area contributed by atoms with Crippen LogP contribution in [-0.2, 0) is 21.2 Å². The van der Waals surface area contributed by atoms with Gasteiger partial charge in [0.25, 0.3) is 10.0 Å². The number of anilines is 1. The van der Waals surface area contributed by atoms with Gasteiger partial charge in [0, 0.05) is 35.2 Å². The van der Waals surface area contributed by atoms with Gasteiger partial charge in [0.2, 0.25) is 5.91 Å². The summed E-state index contributed by atoms with van der Waals surface area (Å²) in [5, 5.41) is 5.87. The molecule has 0 bridgehead atoms. The summed E-state index contributed by atoms with van der Waals surface area (Å²) in [6.45, 7) is 0.0659. The highest BCUT2D eigenvalue weighted by molar-refractivity contribution is 7.93. The highest BCUT2D eigenvalue weighted by atomic mass is 32.2. The van der Waals surface area contributed by atoms with E-state index in [0.717, 1.165) is 20.8 Å². The quantitative estimate of drug-likeness (QED) is 0.440. The minimum absolute atomic E-state index is 0.117. The third-order valence-corrected chi connectivity index (χ3v) is 7.30. The molecular formula is C21H20N4O3S2. The van der Waals surface area contributed by atoms with Crippen LogP contribution in [0.15, 0.2) is 77.3 Å². The molecule has 4 aromatic rings. The van der Waals surface area contributed by atoms with Crippen LogP contribution in [-0.4, -0.2) is 37.4 Å².